The van der Waals surface area contributed by atoms with Crippen LogP contribution in [0.2, 0.25) is 5.02 Å². The van der Waals surface area contributed by atoms with E-state index >= 15 is 0 Å². The number of benzene rings is 1. The summed E-state index contributed by atoms with van der Waals surface area (Å²) in [6.45, 7) is 4.10. The van der Waals surface area contributed by atoms with E-state index in [1.54, 1.807) is 23.9 Å². The van der Waals surface area contributed by atoms with Crippen LogP contribution in [0.5, 0.6) is 11.5 Å². The second-order valence-corrected chi connectivity index (χ2v) is 5.94. The van der Waals surface area contributed by atoms with E-state index in [0.29, 0.717) is 33.1 Å². The van der Waals surface area contributed by atoms with Crippen molar-refractivity contribution in [3.05, 3.63) is 22.7 Å². The highest BCUT2D eigenvalue weighted by Gasteiger charge is 2.16. The number of carbonyl (C=O) groups is 1. The number of methoxy groups -OCH3 is 2. The fourth-order valence-corrected chi connectivity index (χ4v) is 2.28. The normalized spacial score (nSPS) is 10.6. The molecule has 0 saturated heterocycles. The first-order valence-corrected chi connectivity index (χ1v) is 6.98. The largest absolute Gasteiger partial charge is 0.496 e. The predicted molar refractivity (Wildman–Crippen MR) is 76.5 cm³/mol. The second kappa shape index (κ2) is 6.90. The Morgan fingerprint density at radius 3 is 2.39 bits per heavy atom. The maximum absolute atomic E-state index is 12.1. The van der Waals surface area contributed by atoms with Crippen molar-refractivity contribution in [2.24, 2.45) is 0 Å². The molecule has 0 unspecified atom stereocenters. The van der Waals surface area contributed by atoms with Gasteiger partial charge in [0.1, 0.15) is 11.5 Å². The molecule has 0 spiro atoms. The first kappa shape index (κ1) is 15.2. The number of thioether (sulfide) groups is 1. The van der Waals surface area contributed by atoms with Gasteiger partial charge < -0.3 is 9.47 Å². The lowest BCUT2D eigenvalue weighted by Crippen LogP contribution is -2.07. The van der Waals surface area contributed by atoms with Crippen molar-refractivity contribution in [2.75, 3.05) is 20.0 Å². The number of hydrogen-bond acceptors (Lipinski definition) is 4. The predicted octanol–water partition coefficient (Wildman–Crippen LogP) is 3.68. The monoisotopic (exact) mass is 288 g/mol. The molecule has 1 aromatic carbocycles. The quantitative estimate of drug-likeness (QED) is 0.748. The van der Waals surface area contributed by atoms with Gasteiger partial charge in [0.2, 0.25) is 0 Å². The number of halogens is 1. The number of hydrogen-bond donors (Lipinski definition) is 0. The van der Waals surface area contributed by atoms with Gasteiger partial charge in [-0.05, 0) is 11.3 Å². The van der Waals surface area contributed by atoms with Gasteiger partial charge in [-0.1, -0.05) is 25.4 Å². The molecule has 0 saturated carbocycles. The van der Waals surface area contributed by atoms with Gasteiger partial charge in [0.15, 0.2) is 5.78 Å². The Kier molecular flexibility index (Phi) is 5.82. The highest BCUT2D eigenvalue weighted by molar-refractivity contribution is 8.00. The Bertz CT molecular complexity index is 432. The van der Waals surface area contributed by atoms with E-state index in [-0.39, 0.29) is 5.78 Å². The second-order valence-electron chi connectivity index (χ2n) is 3.97. The highest BCUT2D eigenvalue weighted by atomic mass is 35.5. The number of rotatable bonds is 6. The molecule has 0 aliphatic carbocycles. The van der Waals surface area contributed by atoms with Gasteiger partial charge in [0, 0.05) is 6.07 Å². The van der Waals surface area contributed by atoms with Crippen LogP contribution in [0.4, 0.5) is 0 Å². The summed E-state index contributed by atoms with van der Waals surface area (Å²) in [5.74, 6) is 1.42. The Hall–Kier alpha value is -0.870. The van der Waals surface area contributed by atoms with Crippen LogP contribution in [-0.2, 0) is 0 Å². The van der Waals surface area contributed by atoms with E-state index in [9.17, 15) is 4.79 Å². The van der Waals surface area contributed by atoms with Gasteiger partial charge >= 0.3 is 0 Å². The molecule has 0 aliphatic rings. The van der Waals surface area contributed by atoms with Crippen LogP contribution >= 0.6 is 23.4 Å². The summed E-state index contributed by atoms with van der Waals surface area (Å²) in [7, 11) is 3.05. The maximum atomic E-state index is 12.1. The summed E-state index contributed by atoms with van der Waals surface area (Å²) >= 11 is 7.62. The van der Waals surface area contributed by atoms with Crippen LogP contribution in [-0.4, -0.2) is 31.0 Å². The number of ether oxygens (including phenoxy) is 2. The molecular formula is C13H17ClO3S. The summed E-state index contributed by atoms with van der Waals surface area (Å²) in [6, 6.07) is 3.23. The Morgan fingerprint density at radius 1 is 1.28 bits per heavy atom. The maximum Gasteiger partial charge on any atom is 0.176 e. The molecule has 18 heavy (non-hydrogen) atoms. The van der Waals surface area contributed by atoms with Crippen molar-refractivity contribution in [1.29, 1.82) is 0 Å². The Balaban J connectivity index is 3.00. The van der Waals surface area contributed by atoms with Crippen molar-refractivity contribution in [1.82, 2.24) is 0 Å². The number of carbonyl (C=O) groups excluding carboxylic acids is 1. The average Bonchev–Trinajstić information content (AvgIpc) is 2.35. The van der Waals surface area contributed by atoms with Crippen LogP contribution in [0.3, 0.4) is 0 Å². The van der Waals surface area contributed by atoms with Crippen LogP contribution < -0.4 is 9.47 Å². The zero-order valence-corrected chi connectivity index (χ0v) is 12.5. The molecule has 0 fully saturated rings. The zero-order chi connectivity index (χ0) is 13.7. The third-order valence-electron chi connectivity index (χ3n) is 2.32. The molecule has 0 heterocycles. The molecular weight excluding hydrogens is 272 g/mol. The first-order chi connectivity index (χ1) is 8.49. The van der Waals surface area contributed by atoms with E-state index in [1.165, 1.54) is 14.2 Å². The Morgan fingerprint density at radius 2 is 1.89 bits per heavy atom. The molecule has 1 aromatic rings. The van der Waals surface area contributed by atoms with Crippen LogP contribution in [0, 0.1) is 0 Å². The molecule has 0 N–H and O–H groups in total. The van der Waals surface area contributed by atoms with Gasteiger partial charge in [-0.2, -0.15) is 11.8 Å². The molecule has 0 aliphatic heterocycles. The van der Waals surface area contributed by atoms with Gasteiger partial charge in [0.25, 0.3) is 0 Å². The standard InChI is InChI=1S/C13H17ClO3S/c1-8(2)18-7-11(15)9-5-10(14)13(17-4)6-12(9)16-3/h5-6,8H,7H2,1-4H3. The fourth-order valence-electron chi connectivity index (χ4n) is 1.40. The lowest BCUT2D eigenvalue weighted by molar-refractivity contribution is 0.101. The third-order valence-corrected chi connectivity index (χ3v) is 3.71. The van der Waals surface area contributed by atoms with Crippen LogP contribution in [0.1, 0.15) is 24.2 Å². The van der Waals surface area contributed by atoms with E-state index in [0.717, 1.165) is 0 Å². The molecule has 100 valence electrons. The van der Waals surface area contributed by atoms with E-state index < -0.39 is 0 Å². The number of Topliss-reactive ketones (excluding diaryl/α,β-unsaturated/α-hetero) is 1. The average molecular weight is 289 g/mol. The molecule has 0 amide bonds. The molecule has 3 nitrogen and oxygen atoms in total. The van der Waals surface area contributed by atoms with Crippen molar-refractivity contribution < 1.29 is 14.3 Å². The zero-order valence-electron chi connectivity index (χ0n) is 11.0. The lowest BCUT2D eigenvalue weighted by atomic mass is 10.1. The minimum atomic E-state index is 0.00935. The SMILES string of the molecule is COc1cc(OC)c(C(=O)CSC(C)C)cc1Cl. The molecule has 0 atom stereocenters. The molecule has 0 bridgehead atoms. The van der Waals surface area contributed by atoms with Gasteiger partial charge in [-0.25, -0.2) is 0 Å². The topological polar surface area (TPSA) is 35.5 Å². The van der Waals surface area contributed by atoms with E-state index in [2.05, 4.69) is 13.8 Å². The van der Waals surface area contributed by atoms with Crippen molar-refractivity contribution >= 4 is 29.1 Å². The summed E-state index contributed by atoms with van der Waals surface area (Å²) in [5.41, 5.74) is 0.497. The van der Waals surface area contributed by atoms with Gasteiger partial charge in [0.05, 0.1) is 30.6 Å². The third kappa shape index (κ3) is 3.82. The summed E-state index contributed by atoms with van der Waals surface area (Å²) in [5, 5.41) is 0.824. The summed E-state index contributed by atoms with van der Waals surface area (Å²) < 4.78 is 10.3. The van der Waals surface area contributed by atoms with Gasteiger partial charge in [-0.3, -0.25) is 4.79 Å². The lowest BCUT2D eigenvalue weighted by Gasteiger charge is -2.11. The highest BCUT2D eigenvalue weighted by Crippen LogP contribution is 2.33. The summed E-state index contributed by atoms with van der Waals surface area (Å²) in [4.78, 5) is 12.1. The van der Waals surface area contributed by atoms with Crippen LogP contribution in [0.15, 0.2) is 12.1 Å². The minimum Gasteiger partial charge on any atom is -0.496 e. The first-order valence-electron chi connectivity index (χ1n) is 5.56. The molecule has 1 rings (SSSR count). The van der Waals surface area contributed by atoms with Gasteiger partial charge in [-0.15, -0.1) is 0 Å². The van der Waals surface area contributed by atoms with Crippen molar-refractivity contribution in [2.45, 2.75) is 19.1 Å². The number of ketones is 1. The van der Waals surface area contributed by atoms with Crippen molar-refractivity contribution in [3.8, 4) is 11.5 Å². The van der Waals surface area contributed by atoms with Crippen LogP contribution in [0.25, 0.3) is 0 Å². The minimum absolute atomic E-state index is 0.00935. The molecule has 0 aromatic heterocycles. The molecule has 0 radical (unpaired) electrons. The fraction of sp³-hybridized carbons (Fsp3) is 0.462. The smallest absolute Gasteiger partial charge is 0.176 e. The van der Waals surface area contributed by atoms with E-state index in [4.69, 9.17) is 21.1 Å². The Labute approximate surface area is 117 Å². The van der Waals surface area contributed by atoms with E-state index in [1.807, 2.05) is 0 Å². The molecule has 5 heteroatoms. The summed E-state index contributed by atoms with van der Waals surface area (Å²) in [6.07, 6.45) is 0. The van der Waals surface area contributed by atoms with Crippen molar-refractivity contribution in [3.63, 3.8) is 0 Å².